The number of carbonyl (C=O) groups is 2. The third-order valence-corrected chi connectivity index (χ3v) is 6.68. The van der Waals surface area contributed by atoms with Gasteiger partial charge in [0.15, 0.2) is 0 Å². The van der Waals surface area contributed by atoms with Crippen molar-refractivity contribution in [2.75, 3.05) is 31.1 Å². The van der Waals surface area contributed by atoms with Crippen LogP contribution in [-0.4, -0.2) is 64.0 Å². The zero-order valence-corrected chi connectivity index (χ0v) is 20.4. The molecule has 1 aromatic heterocycles. The molecule has 2 amide bonds. The van der Waals surface area contributed by atoms with Crippen LogP contribution in [0.4, 0.5) is 19.0 Å². The van der Waals surface area contributed by atoms with Crippen LogP contribution in [0.5, 0.6) is 0 Å². The number of rotatable bonds is 5. The first-order valence-corrected chi connectivity index (χ1v) is 12.0. The summed E-state index contributed by atoms with van der Waals surface area (Å²) in [5.74, 6) is -1.40. The molecule has 1 aliphatic carbocycles. The number of piperazine rings is 1. The number of halogens is 3. The maximum Gasteiger partial charge on any atom is 0.416 e. The highest BCUT2D eigenvalue weighted by Gasteiger charge is 2.37. The number of carbonyl (C=O) groups excluding carboxylic acids is 2. The number of amides is 2. The van der Waals surface area contributed by atoms with Crippen LogP contribution in [0.2, 0.25) is 0 Å². The number of hydrogen-bond acceptors (Lipinski definition) is 6. The Kier molecular flexibility index (Phi) is 7.21. The zero-order valence-electron chi connectivity index (χ0n) is 20.4. The maximum absolute atomic E-state index is 13.5. The van der Waals surface area contributed by atoms with Crippen molar-refractivity contribution in [1.29, 1.82) is 0 Å². The number of benzene rings is 1. The molecule has 0 radical (unpaired) electrons. The fraction of sp³-hybridized carbons (Fsp3) is 0.520. The normalized spacial score (nSPS) is 20.9. The summed E-state index contributed by atoms with van der Waals surface area (Å²) in [6.07, 6.45) is -3.12. The van der Waals surface area contributed by atoms with Gasteiger partial charge in [-0.3, -0.25) is 9.59 Å². The van der Waals surface area contributed by atoms with Crippen molar-refractivity contribution in [3.63, 3.8) is 0 Å². The predicted octanol–water partition coefficient (Wildman–Crippen LogP) is 2.99. The summed E-state index contributed by atoms with van der Waals surface area (Å²) in [6, 6.07) is 3.93. The van der Waals surface area contributed by atoms with Crippen LogP contribution < -0.4 is 10.2 Å². The third kappa shape index (κ3) is 5.16. The maximum atomic E-state index is 13.5. The summed E-state index contributed by atoms with van der Waals surface area (Å²) in [5, 5.41) is 13.0. The minimum Gasteiger partial charge on any atom is -0.387 e. The van der Waals surface area contributed by atoms with Gasteiger partial charge in [-0.25, -0.2) is 9.97 Å². The number of alkyl halides is 3. The molecule has 1 fully saturated rings. The van der Waals surface area contributed by atoms with Gasteiger partial charge in [0.2, 0.25) is 11.8 Å². The van der Waals surface area contributed by atoms with E-state index in [0.717, 1.165) is 23.5 Å². The lowest BCUT2D eigenvalue weighted by Crippen LogP contribution is -2.52. The Hall–Kier alpha value is -3.21. The first kappa shape index (κ1) is 25.9. The van der Waals surface area contributed by atoms with Gasteiger partial charge in [-0.1, -0.05) is 19.1 Å². The van der Waals surface area contributed by atoms with Crippen molar-refractivity contribution < 1.29 is 27.9 Å². The second-order valence-electron chi connectivity index (χ2n) is 9.68. The van der Waals surface area contributed by atoms with Crippen LogP contribution in [0.15, 0.2) is 30.6 Å². The molecule has 194 valence electrons. The summed E-state index contributed by atoms with van der Waals surface area (Å²) < 4.78 is 39.1. The molecular weight excluding hydrogens is 475 g/mol. The highest BCUT2D eigenvalue weighted by atomic mass is 19.4. The highest BCUT2D eigenvalue weighted by molar-refractivity contribution is 6.05. The van der Waals surface area contributed by atoms with Crippen molar-refractivity contribution in [3.05, 3.63) is 53.0 Å². The molecule has 4 rings (SSSR count). The van der Waals surface area contributed by atoms with Gasteiger partial charge in [0.05, 0.1) is 17.4 Å². The molecular formula is C25H30F3N5O3. The number of aromatic nitrogens is 2. The molecule has 3 atom stereocenters. The Bertz CT molecular complexity index is 1110. The van der Waals surface area contributed by atoms with Gasteiger partial charge in [0, 0.05) is 37.8 Å². The van der Waals surface area contributed by atoms with E-state index in [0.29, 0.717) is 38.3 Å². The van der Waals surface area contributed by atoms with E-state index in [1.54, 1.807) is 18.7 Å². The van der Waals surface area contributed by atoms with Crippen molar-refractivity contribution in [2.24, 2.45) is 0 Å². The van der Waals surface area contributed by atoms with Crippen molar-refractivity contribution in [2.45, 2.75) is 57.3 Å². The van der Waals surface area contributed by atoms with Gasteiger partial charge in [-0.05, 0) is 43.9 Å². The Morgan fingerprint density at radius 2 is 1.72 bits per heavy atom. The summed E-state index contributed by atoms with van der Waals surface area (Å²) in [5.41, 5.74) is 0.930. The second-order valence-corrected chi connectivity index (χ2v) is 9.68. The molecule has 36 heavy (non-hydrogen) atoms. The Morgan fingerprint density at radius 3 is 2.31 bits per heavy atom. The van der Waals surface area contributed by atoms with E-state index < -0.39 is 35.6 Å². The Morgan fingerprint density at radius 1 is 1.08 bits per heavy atom. The second kappa shape index (κ2) is 10.0. The molecule has 0 saturated carbocycles. The van der Waals surface area contributed by atoms with Gasteiger partial charge in [0.25, 0.3) is 0 Å². The number of nitrogens with one attached hydrogen (secondary N) is 1. The van der Waals surface area contributed by atoms with Crippen molar-refractivity contribution in [3.8, 4) is 0 Å². The average Bonchev–Trinajstić information content (AvgIpc) is 3.12. The molecule has 2 aliphatic rings. The number of hydrogen-bond donors (Lipinski definition) is 2. The smallest absolute Gasteiger partial charge is 0.387 e. The van der Waals surface area contributed by atoms with E-state index in [4.69, 9.17) is 0 Å². The lowest BCUT2D eigenvalue weighted by Gasteiger charge is -2.37. The molecule has 0 bridgehead atoms. The van der Waals surface area contributed by atoms with Crippen LogP contribution in [0.1, 0.15) is 67.5 Å². The van der Waals surface area contributed by atoms with E-state index in [9.17, 15) is 27.9 Å². The Labute approximate surface area is 207 Å². The minimum atomic E-state index is -4.51. The number of aliphatic hydroxyl groups is 1. The third-order valence-electron chi connectivity index (χ3n) is 6.68. The molecule has 8 nitrogen and oxygen atoms in total. The van der Waals surface area contributed by atoms with Crippen LogP contribution >= 0.6 is 0 Å². The lowest BCUT2D eigenvalue weighted by atomic mass is 9.94. The number of anilines is 1. The minimum absolute atomic E-state index is 0.106. The molecule has 1 saturated heterocycles. The quantitative estimate of drug-likeness (QED) is 0.607. The largest absolute Gasteiger partial charge is 0.416 e. The fourth-order valence-electron chi connectivity index (χ4n) is 4.91. The van der Waals surface area contributed by atoms with Gasteiger partial charge in [-0.15, -0.1) is 0 Å². The van der Waals surface area contributed by atoms with Crippen molar-refractivity contribution in [1.82, 2.24) is 20.2 Å². The average molecular weight is 506 g/mol. The van der Waals surface area contributed by atoms with Crippen LogP contribution in [0.3, 0.4) is 0 Å². The zero-order chi connectivity index (χ0) is 26.2. The monoisotopic (exact) mass is 505 g/mol. The standard InChI is InChI=1S/C25H30F3N5O3/c1-14(2)31-23(35)20(16-4-6-17(7-5-16)25(26,27)28)24(36)33-10-8-32(9-11-33)22-19-15(3)12-18(34)21(19)29-13-30-22/h4-7,13-15,18,20,34H,8-12H2,1-3H3,(H,31,35)/t15?,18-,20?/m1/s1. The number of fused-ring (bicyclic) bond motifs is 1. The Balaban J connectivity index is 1.52. The van der Waals surface area contributed by atoms with Gasteiger partial charge in [0.1, 0.15) is 18.1 Å². The van der Waals surface area contributed by atoms with Gasteiger partial charge in [-0.2, -0.15) is 13.2 Å². The topological polar surface area (TPSA) is 98.7 Å². The van der Waals surface area contributed by atoms with Crippen LogP contribution in [-0.2, 0) is 15.8 Å². The van der Waals surface area contributed by atoms with Crippen LogP contribution in [0, 0.1) is 0 Å². The molecule has 2 unspecified atom stereocenters. The summed E-state index contributed by atoms with van der Waals surface area (Å²) in [6.45, 7) is 7.09. The first-order valence-electron chi connectivity index (χ1n) is 12.0. The molecule has 1 aromatic carbocycles. The van der Waals surface area contributed by atoms with E-state index in [1.165, 1.54) is 18.5 Å². The predicted molar refractivity (Wildman–Crippen MR) is 126 cm³/mol. The SMILES string of the molecule is CC(C)NC(=O)C(C(=O)N1CCN(c2ncnc3c2C(C)C[C@H]3O)CC1)c1ccc(C(F)(F)F)cc1. The summed E-state index contributed by atoms with van der Waals surface area (Å²) in [4.78, 5) is 38.8. The fourth-order valence-corrected chi connectivity index (χ4v) is 4.91. The lowest BCUT2D eigenvalue weighted by molar-refractivity contribution is -0.139. The van der Waals surface area contributed by atoms with E-state index in [2.05, 4.69) is 15.3 Å². The van der Waals surface area contributed by atoms with Crippen molar-refractivity contribution >= 4 is 17.6 Å². The van der Waals surface area contributed by atoms with E-state index in [1.807, 2.05) is 11.8 Å². The van der Waals surface area contributed by atoms with E-state index in [-0.39, 0.29) is 17.5 Å². The molecule has 2 N–H and O–H groups in total. The summed E-state index contributed by atoms with van der Waals surface area (Å²) >= 11 is 0. The first-order chi connectivity index (χ1) is 17.0. The summed E-state index contributed by atoms with van der Waals surface area (Å²) in [7, 11) is 0. The molecule has 2 aromatic rings. The number of aliphatic hydroxyl groups excluding tert-OH is 1. The molecule has 11 heteroatoms. The molecule has 2 heterocycles. The highest BCUT2D eigenvalue weighted by Crippen LogP contribution is 2.42. The molecule has 1 aliphatic heterocycles. The van der Waals surface area contributed by atoms with Crippen LogP contribution in [0.25, 0.3) is 0 Å². The van der Waals surface area contributed by atoms with Gasteiger partial charge < -0.3 is 20.2 Å². The number of nitrogens with zero attached hydrogens (tertiary/aromatic N) is 4. The van der Waals surface area contributed by atoms with Gasteiger partial charge >= 0.3 is 6.18 Å². The van der Waals surface area contributed by atoms with E-state index >= 15 is 0 Å². The molecule has 0 spiro atoms.